The summed E-state index contributed by atoms with van der Waals surface area (Å²) in [5.74, 6) is 0.605. The Kier molecular flexibility index (Phi) is 2.88. The van der Waals surface area contributed by atoms with Crippen molar-refractivity contribution in [3.63, 3.8) is 0 Å². The number of esters is 2. The largest absolute Gasteiger partial charge is 0.465 e. The van der Waals surface area contributed by atoms with Crippen molar-refractivity contribution in [2.45, 2.75) is 32.3 Å². The smallest absolute Gasteiger partial charge is 0.312 e. The van der Waals surface area contributed by atoms with Crippen LogP contribution in [0.4, 0.5) is 0 Å². The van der Waals surface area contributed by atoms with Gasteiger partial charge in [-0.15, -0.1) is 0 Å². The molecule has 0 aromatic heterocycles. The fourth-order valence-corrected chi connectivity index (χ4v) is 3.67. The van der Waals surface area contributed by atoms with Gasteiger partial charge in [-0.2, -0.15) is 0 Å². The maximum atomic E-state index is 11.7. The first kappa shape index (κ1) is 11.8. The third kappa shape index (κ3) is 1.93. The Morgan fingerprint density at radius 3 is 2.78 bits per heavy atom. The van der Waals surface area contributed by atoms with Gasteiger partial charge in [0.1, 0.15) is 6.10 Å². The molecule has 4 heteroatoms. The van der Waals surface area contributed by atoms with Gasteiger partial charge >= 0.3 is 11.9 Å². The summed E-state index contributed by atoms with van der Waals surface area (Å²) in [6.07, 6.45) is 7.02. The van der Waals surface area contributed by atoms with E-state index in [1.165, 1.54) is 6.92 Å². The topological polar surface area (TPSA) is 52.6 Å². The van der Waals surface area contributed by atoms with E-state index in [4.69, 9.17) is 9.47 Å². The maximum Gasteiger partial charge on any atom is 0.312 e. The van der Waals surface area contributed by atoms with Gasteiger partial charge in [0.05, 0.1) is 12.5 Å². The number of allylic oxidation sites excluding steroid dienone is 2. The quantitative estimate of drug-likeness (QED) is 0.565. The number of hydrogen-bond acceptors (Lipinski definition) is 4. The molecule has 3 rings (SSSR count). The molecule has 5 unspecified atom stereocenters. The van der Waals surface area contributed by atoms with Crippen LogP contribution in [0.3, 0.4) is 0 Å². The Balaban J connectivity index is 1.79. The van der Waals surface area contributed by atoms with Gasteiger partial charge in [-0.3, -0.25) is 9.59 Å². The third-order valence-electron chi connectivity index (χ3n) is 4.43. The van der Waals surface area contributed by atoms with E-state index in [9.17, 15) is 9.59 Å². The van der Waals surface area contributed by atoms with Crippen LogP contribution in [0.25, 0.3) is 0 Å². The van der Waals surface area contributed by atoms with E-state index in [2.05, 4.69) is 12.2 Å². The molecule has 5 atom stereocenters. The predicted molar refractivity (Wildman–Crippen MR) is 63.5 cm³/mol. The van der Waals surface area contributed by atoms with Crippen LogP contribution in [0, 0.1) is 23.7 Å². The van der Waals surface area contributed by atoms with E-state index in [1.807, 2.05) is 0 Å². The highest BCUT2D eigenvalue weighted by molar-refractivity contribution is 5.75. The summed E-state index contributed by atoms with van der Waals surface area (Å²) in [6, 6.07) is 0. The molecule has 0 spiro atoms. The lowest BCUT2D eigenvalue weighted by Gasteiger charge is -2.30. The Labute approximate surface area is 106 Å². The summed E-state index contributed by atoms with van der Waals surface area (Å²) in [7, 11) is 0. The predicted octanol–water partition coefficient (Wildman–Crippen LogP) is 1.69. The molecular weight excluding hydrogens is 232 g/mol. The number of carbonyl (C=O) groups is 2. The normalized spacial score (nSPS) is 38.8. The van der Waals surface area contributed by atoms with Gasteiger partial charge in [0.2, 0.25) is 0 Å². The number of cyclic esters (lactones) is 1. The Morgan fingerprint density at radius 2 is 2.28 bits per heavy atom. The molecular formula is C14H18O4. The maximum absolute atomic E-state index is 11.7. The van der Waals surface area contributed by atoms with E-state index in [1.54, 1.807) is 0 Å². The van der Waals surface area contributed by atoms with Crippen LogP contribution < -0.4 is 0 Å². The molecule has 0 amide bonds. The first-order valence-electron chi connectivity index (χ1n) is 6.67. The monoisotopic (exact) mass is 250 g/mol. The average Bonchev–Trinajstić information content (AvgIpc) is 3.01. The van der Waals surface area contributed by atoms with Gasteiger partial charge in [0.25, 0.3) is 0 Å². The average molecular weight is 250 g/mol. The Bertz CT molecular complexity index is 401. The van der Waals surface area contributed by atoms with Crippen molar-refractivity contribution in [1.82, 2.24) is 0 Å². The Morgan fingerprint density at radius 1 is 1.44 bits per heavy atom. The van der Waals surface area contributed by atoms with Crippen molar-refractivity contribution in [3.8, 4) is 0 Å². The molecule has 2 bridgehead atoms. The molecule has 1 saturated heterocycles. The molecule has 0 aromatic carbocycles. The molecule has 1 aliphatic heterocycles. The summed E-state index contributed by atoms with van der Waals surface area (Å²) < 4.78 is 10.5. The third-order valence-corrected chi connectivity index (χ3v) is 4.43. The minimum Gasteiger partial charge on any atom is -0.465 e. The number of ether oxygens (including phenoxy) is 2. The van der Waals surface area contributed by atoms with Gasteiger partial charge in [0, 0.05) is 12.8 Å². The van der Waals surface area contributed by atoms with Crippen molar-refractivity contribution >= 4 is 11.9 Å². The second-order valence-corrected chi connectivity index (χ2v) is 5.58. The molecule has 0 radical (unpaired) electrons. The molecule has 2 aliphatic carbocycles. The summed E-state index contributed by atoms with van der Waals surface area (Å²) in [5, 5.41) is 0. The van der Waals surface area contributed by atoms with Gasteiger partial charge < -0.3 is 9.47 Å². The van der Waals surface area contributed by atoms with Crippen molar-refractivity contribution in [2.24, 2.45) is 23.7 Å². The van der Waals surface area contributed by atoms with E-state index in [0.717, 1.165) is 12.8 Å². The number of fused-ring (bicyclic) bond motifs is 2. The van der Waals surface area contributed by atoms with Gasteiger partial charge in [0.15, 0.2) is 0 Å². The van der Waals surface area contributed by atoms with Crippen molar-refractivity contribution in [1.29, 1.82) is 0 Å². The molecule has 4 nitrogen and oxygen atoms in total. The van der Waals surface area contributed by atoms with Gasteiger partial charge in [-0.1, -0.05) is 12.2 Å². The minimum absolute atomic E-state index is 0.201. The fraction of sp³-hybridized carbons (Fsp3) is 0.714. The first-order valence-corrected chi connectivity index (χ1v) is 6.67. The fourth-order valence-electron chi connectivity index (χ4n) is 3.67. The SMILES string of the molecule is CC(=O)OC(C1CCOC1=O)C1CC2C=CC1C2. The van der Waals surface area contributed by atoms with Crippen molar-refractivity contribution in [2.75, 3.05) is 6.61 Å². The zero-order chi connectivity index (χ0) is 12.7. The molecule has 18 heavy (non-hydrogen) atoms. The number of carbonyl (C=O) groups excluding carboxylic acids is 2. The molecule has 1 heterocycles. The highest BCUT2D eigenvalue weighted by Crippen LogP contribution is 2.47. The molecule has 98 valence electrons. The van der Waals surface area contributed by atoms with E-state index >= 15 is 0 Å². The van der Waals surface area contributed by atoms with Crippen LogP contribution >= 0.6 is 0 Å². The summed E-state index contributed by atoms with van der Waals surface area (Å²) in [5.41, 5.74) is 0. The second-order valence-electron chi connectivity index (χ2n) is 5.58. The number of hydrogen-bond donors (Lipinski definition) is 0. The van der Waals surface area contributed by atoms with Crippen molar-refractivity contribution in [3.05, 3.63) is 12.2 Å². The zero-order valence-corrected chi connectivity index (χ0v) is 10.5. The highest BCUT2D eigenvalue weighted by Gasteiger charge is 2.47. The number of rotatable bonds is 3. The summed E-state index contributed by atoms with van der Waals surface area (Å²) in [6.45, 7) is 1.87. The first-order chi connectivity index (χ1) is 8.65. The molecule has 0 N–H and O–H groups in total. The lowest BCUT2D eigenvalue weighted by atomic mass is 9.81. The molecule has 2 fully saturated rings. The van der Waals surface area contributed by atoms with Crippen LogP contribution in [0.2, 0.25) is 0 Å². The lowest BCUT2D eigenvalue weighted by Crippen LogP contribution is -2.37. The Hall–Kier alpha value is -1.32. The van der Waals surface area contributed by atoms with E-state index in [-0.39, 0.29) is 24.0 Å². The van der Waals surface area contributed by atoms with Crippen LogP contribution in [-0.4, -0.2) is 24.6 Å². The standard InChI is InChI=1S/C14H18O4/c1-8(15)18-13(11-4-5-17-14(11)16)12-7-9-2-3-10(12)6-9/h2-3,9-13H,4-7H2,1H3. The summed E-state index contributed by atoms with van der Waals surface area (Å²) in [4.78, 5) is 23.0. The molecule has 0 aromatic rings. The van der Waals surface area contributed by atoms with E-state index < -0.39 is 0 Å². The molecule has 1 saturated carbocycles. The summed E-state index contributed by atoms with van der Waals surface area (Å²) >= 11 is 0. The zero-order valence-electron chi connectivity index (χ0n) is 10.5. The second kappa shape index (κ2) is 4.41. The van der Waals surface area contributed by atoms with Crippen LogP contribution in [-0.2, 0) is 19.1 Å². The highest BCUT2D eigenvalue weighted by atomic mass is 16.6. The van der Waals surface area contributed by atoms with Crippen LogP contribution in [0.15, 0.2) is 12.2 Å². The van der Waals surface area contributed by atoms with E-state index in [0.29, 0.717) is 30.8 Å². The van der Waals surface area contributed by atoms with Gasteiger partial charge in [-0.05, 0) is 31.1 Å². The minimum atomic E-state index is -0.300. The van der Waals surface area contributed by atoms with Crippen LogP contribution in [0.5, 0.6) is 0 Å². The molecule has 3 aliphatic rings. The lowest BCUT2D eigenvalue weighted by molar-refractivity contribution is -0.158. The van der Waals surface area contributed by atoms with Crippen molar-refractivity contribution < 1.29 is 19.1 Å². The van der Waals surface area contributed by atoms with Gasteiger partial charge in [-0.25, -0.2) is 0 Å². The van der Waals surface area contributed by atoms with Crippen LogP contribution in [0.1, 0.15) is 26.2 Å².